The third-order valence-electron chi connectivity index (χ3n) is 5.29. The van der Waals surface area contributed by atoms with Crippen LogP contribution in [0.25, 0.3) is 0 Å². The zero-order chi connectivity index (χ0) is 27.4. The van der Waals surface area contributed by atoms with Crippen molar-refractivity contribution in [1.82, 2.24) is 9.80 Å². The zero-order valence-corrected chi connectivity index (χ0v) is 22.6. The maximum atomic E-state index is 13.0. The van der Waals surface area contributed by atoms with Crippen molar-refractivity contribution in [3.05, 3.63) is 70.0 Å². The highest BCUT2D eigenvalue weighted by molar-refractivity contribution is 8.29. The molecule has 2 heterocycles. The number of thioether (sulfide) groups is 2. The van der Waals surface area contributed by atoms with Crippen LogP contribution in [0.2, 0.25) is 0 Å². The van der Waals surface area contributed by atoms with E-state index in [1.54, 1.807) is 0 Å². The van der Waals surface area contributed by atoms with E-state index in [0.29, 0.717) is 11.4 Å². The molecular formula is C24H18F2N4O4S4. The van der Waals surface area contributed by atoms with E-state index in [9.17, 15) is 28.0 Å². The summed E-state index contributed by atoms with van der Waals surface area (Å²) in [5, 5.41) is 5.22. The summed E-state index contributed by atoms with van der Waals surface area (Å²) in [6.07, 6.45) is -0.136. The van der Waals surface area contributed by atoms with Gasteiger partial charge in [0.15, 0.2) is 0 Å². The van der Waals surface area contributed by atoms with Gasteiger partial charge in [0.1, 0.15) is 20.3 Å². The molecule has 2 aromatic rings. The maximum absolute atomic E-state index is 13.0. The zero-order valence-electron chi connectivity index (χ0n) is 19.4. The maximum Gasteiger partial charge on any atom is 0.267 e. The van der Waals surface area contributed by atoms with Gasteiger partial charge in [-0.15, -0.1) is 0 Å². The first-order valence-corrected chi connectivity index (χ1v) is 13.5. The first-order chi connectivity index (χ1) is 18.1. The van der Waals surface area contributed by atoms with Crippen molar-refractivity contribution >= 4 is 91.6 Å². The van der Waals surface area contributed by atoms with Crippen molar-refractivity contribution in [1.29, 1.82) is 0 Å². The summed E-state index contributed by atoms with van der Waals surface area (Å²) in [6.45, 7) is -0.0178. The number of carbonyl (C=O) groups excluding carboxylic acids is 4. The topological polar surface area (TPSA) is 98.8 Å². The lowest BCUT2D eigenvalue weighted by Gasteiger charge is -2.14. The Morgan fingerprint density at radius 2 is 1.03 bits per heavy atom. The molecule has 2 fully saturated rings. The minimum atomic E-state index is -0.510. The van der Waals surface area contributed by atoms with Crippen LogP contribution >= 0.6 is 48.0 Å². The third kappa shape index (κ3) is 6.62. The fourth-order valence-corrected chi connectivity index (χ4v) is 6.17. The van der Waals surface area contributed by atoms with Gasteiger partial charge in [-0.1, -0.05) is 48.0 Å². The lowest BCUT2D eigenvalue weighted by molar-refractivity contribution is -0.125. The van der Waals surface area contributed by atoms with Crippen LogP contribution in [0.15, 0.2) is 58.3 Å². The molecule has 8 nitrogen and oxygen atoms in total. The van der Waals surface area contributed by atoms with E-state index in [0.717, 1.165) is 23.5 Å². The number of rotatable bonds is 8. The summed E-state index contributed by atoms with van der Waals surface area (Å²) < 4.78 is 26.5. The van der Waals surface area contributed by atoms with E-state index in [1.165, 1.54) is 58.3 Å². The van der Waals surface area contributed by atoms with Crippen molar-refractivity contribution in [3.63, 3.8) is 0 Å². The molecule has 0 aromatic heterocycles. The highest BCUT2D eigenvalue weighted by Gasteiger charge is 2.42. The molecule has 2 N–H and O–H groups in total. The summed E-state index contributed by atoms with van der Waals surface area (Å²) in [5.74, 6) is -2.67. The first-order valence-electron chi connectivity index (χ1n) is 11.0. The van der Waals surface area contributed by atoms with Gasteiger partial charge in [0.2, 0.25) is 11.8 Å². The number of halogens is 2. The number of nitrogens with zero attached hydrogens (tertiary/aromatic N) is 2. The van der Waals surface area contributed by atoms with Crippen LogP contribution in [-0.2, 0) is 19.2 Å². The van der Waals surface area contributed by atoms with Gasteiger partial charge in [-0.05, 0) is 48.5 Å². The molecule has 38 heavy (non-hydrogen) atoms. The molecule has 4 amide bonds. The fraction of sp³-hybridized carbons (Fsp3) is 0.167. The number of benzene rings is 2. The van der Waals surface area contributed by atoms with Crippen LogP contribution < -0.4 is 10.6 Å². The number of anilines is 2. The van der Waals surface area contributed by atoms with E-state index < -0.39 is 35.3 Å². The molecule has 0 aliphatic carbocycles. The average Bonchev–Trinajstić information content (AvgIpc) is 3.32. The minimum absolute atomic E-state index is 0.00888. The molecule has 2 aliphatic rings. The van der Waals surface area contributed by atoms with E-state index in [1.807, 2.05) is 0 Å². The van der Waals surface area contributed by atoms with Crippen LogP contribution in [-0.4, -0.2) is 55.2 Å². The molecule has 2 aliphatic heterocycles. The fourth-order valence-electron chi connectivity index (χ4n) is 3.40. The second kappa shape index (κ2) is 12.1. The number of thiocarbonyl (C=S) groups is 2. The van der Waals surface area contributed by atoms with E-state index in [-0.39, 0.29) is 44.4 Å². The van der Waals surface area contributed by atoms with Crippen LogP contribution in [0, 0.1) is 11.6 Å². The van der Waals surface area contributed by atoms with Gasteiger partial charge in [0.25, 0.3) is 11.8 Å². The predicted molar refractivity (Wildman–Crippen MR) is 150 cm³/mol. The van der Waals surface area contributed by atoms with Gasteiger partial charge in [0.05, 0.1) is 9.81 Å². The highest BCUT2D eigenvalue weighted by Crippen LogP contribution is 2.42. The summed E-state index contributed by atoms with van der Waals surface area (Å²) in [4.78, 5) is 53.3. The summed E-state index contributed by atoms with van der Waals surface area (Å²) in [6, 6.07) is 10.5. The Kier molecular flexibility index (Phi) is 8.87. The van der Waals surface area contributed by atoms with Gasteiger partial charge in [-0.25, -0.2) is 8.78 Å². The number of hydrogen-bond acceptors (Lipinski definition) is 8. The first kappa shape index (κ1) is 27.8. The van der Waals surface area contributed by atoms with E-state index in [4.69, 9.17) is 24.4 Å². The van der Waals surface area contributed by atoms with Gasteiger partial charge in [-0.2, -0.15) is 0 Å². The van der Waals surface area contributed by atoms with Crippen molar-refractivity contribution in [3.8, 4) is 0 Å². The molecule has 2 aromatic carbocycles. The normalized spacial score (nSPS) is 17.4. The SMILES string of the molecule is O=C(CCN1C(=O)C(=C2SC(=S)N(CCC(=O)Nc3ccc(F)cc3)C2=O)SC1=S)Nc1ccc(F)cc1. The average molecular weight is 593 g/mol. The van der Waals surface area contributed by atoms with Gasteiger partial charge < -0.3 is 10.6 Å². The second-order valence-electron chi connectivity index (χ2n) is 7.92. The van der Waals surface area contributed by atoms with Crippen molar-refractivity contribution < 1.29 is 28.0 Å². The molecule has 14 heteroatoms. The Bertz CT molecular complexity index is 1260. The Hall–Kier alpha value is -3.20. The molecular weight excluding hydrogens is 575 g/mol. The molecule has 4 rings (SSSR count). The minimum Gasteiger partial charge on any atom is -0.326 e. The van der Waals surface area contributed by atoms with E-state index >= 15 is 0 Å². The lowest BCUT2D eigenvalue weighted by atomic mass is 10.3. The summed E-state index contributed by atoms with van der Waals surface area (Å²) >= 11 is 12.5. The van der Waals surface area contributed by atoms with E-state index in [2.05, 4.69) is 10.6 Å². The van der Waals surface area contributed by atoms with Gasteiger partial charge in [0, 0.05) is 37.3 Å². The molecule has 0 radical (unpaired) electrons. The molecule has 0 unspecified atom stereocenters. The number of hydrogen-bond donors (Lipinski definition) is 2. The number of carbonyl (C=O) groups is 4. The quantitative estimate of drug-likeness (QED) is 0.347. The molecule has 196 valence electrons. The monoisotopic (exact) mass is 592 g/mol. The van der Waals surface area contributed by atoms with Gasteiger partial charge in [-0.3, -0.25) is 29.0 Å². The molecule has 0 bridgehead atoms. The van der Waals surface area contributed by atoms with Crippen LogP contribution in [0.4, 0.5) is 20.2 Å². The standard InChI is InChI=1S/C24H18F2N4O4S4/c25-13-1-5-15(6-2-13)27-17(31)9-11-29-21(33)19(37-23(29)35)20-22(34)30(24(36)38-20)12-10-18(32)28-16-7-3-14(26)4-8-16/h1-8H,9-12H2,(H,27,31)(H,28,32). The van der Waals surface area contributed by atoms with Crippen LogP contribution in [0.3, 0.4) is 0 Å². The lowest BCUT2D eigenvalue weighted by Crippen LogP contribution is -2.33. The van der Waals surface area contributed by atoms with Crippen molar-refractivity contribution in [2.75, 3.05) is 23.7 Å². The van der Waals surface area contributed by atoms with Crippen LogP contribution in [0.5, 0.6) is 0 Å². The summed E-state index contributed by atoms with van der Waals surface area (Å²) in [5.41, 5.74) is 0.827. The van der Waals surface area contributed by atoms with Crippen LogP contribution in [0.1, 0.15) is 12.8 Å². The molecule has 0 saturated carbocycles. The molecule has 0 spiro atoms. The van der Waals surface area contributed by atoms with Gasteiger partial charge >= 0.3 is 0 Å². The summed E-state index contributed by atoms with van der Waals surface area (Å²) in [7, 11) is 0. The highest BCUT2D eigenvalue weighted by atomic mass is 32.2. The Labute approximate surface area is 235 Å². The Morgan fingerprint density at radius 3 is 1.37 bits per heavy atom. The number of nitrogens with one attached hydrogen (secondary N) is 2. The third-order valence-corrected chi connectivity index (χ3v) is 8.31. The second-order valence-corrected chi connectivity index (χ2v) is 11.2. The largest absolute Gasteiger partial charge is 0.326 e. The number of amides is 4. The Balaban J connectivity index is 1.34. The molecule has 2 saturated heterocycles. The molecule has 0 atom stereocenters. The van der Waals surface area contributed by atoms with Crippen molar-refractivity contribution in [2.45, 2.75) is 12.8 Å². The Morgan fingerprint density at radius 1 is 0.684 bits per heavy atom. The smallest absolute Gasteiger partial charge is 0.267 e. The van der Waals surface area contributed by atoms with Crippen molar-refractivity contribution in [2.24, 2.45) is 0 Å². The predicted octanol–water partition coefficient (Wildman–Crippen LogP) is 4.25.